The van der Waals surface area contributed by atoms with Crippen LogP contribution in [-0.2, 0) is 17.6 Å². The lowest BCUT2D eigenvalue weighted by Crippen LogP contribution is -2.08. The number of halogens is 1. The minimum Gasteiger partial charge on any atom is -0.493 e. The molecule has 0 amide bonds. The van der Waals surface area contributed by atoms with Crippen LogP contribution in [0.1, 0.15) is 28.5 Å². The molecule has 0 aliphatic heterocycles. The molecule has 6 nitrogen and oxygen atoms in total. The molecule has 29 heavy (non-hydrogen) atoms. The Morgan fingerprint density at radius 1 is 1.00 bits per heavy atom. The monoisotopic (exact) mass is 417 g/mol. The molecule has 0 radical (unpaired) electrons. The molecule has 0 spiro atoms. The second-order valence-corrected chi connectivity index (χ2v) is 6.86. The second-order valence-electron chi connectivity index (χ2n) is 6.42. The molecule has 2 aromatic carbocycles. The van der Waals surface area contributed by atoms with Crippen molar-refractivity contribution in [3.63, 3.8) is 0 Å². The quantitative estimate of drug-likeness (QED) is 0.532. The summed E-state index contributed by atoms with van der Waals surface area (Å²) < 4.78 is 21.5. The molecule has 0 bridgehead atoms. The molecule has 0 aliphatic rings. The number of H-pyrrole nitrogens is 1. The molecule has 0 atom stereocenters. The van der Waals surface area contributed by atoms with Gasteiger partial charge in [0.2, 0.25) is 5.75 Å². The number of hydrogen-bond donors (Lipinski definition) is 1. The first-order chi connectivity index (χ1) is 14.0. The molecular formula is C22H24ClNO5. The highest BCUT2D eigenvalue weighted by molar-refractivity contribution is 6.31. The average molecular weight is 418 g/mol. The summed E-state index contributed by atoms with van der Waals surface area (Å²) in [5, 5.41) is 1.52. The maximum atomic E-state index is 12.5. The number of carbonyl (C=O) groups excluding carboxylic acids is 1. The van der Waals surface area contributed by atoms with Crippen LogP contribution in [0.15, 0.2) is 30.3 Å². The maximum Gasteiger partial charge on any atom is 0.355 e. The lowest BCUT2D eigenvalue weighted by atomic mass is 10.0. The van der Waals surface area contributed by atoms with Gasteiger partial charge < -0.3 is 23.9 Å². The van der Waals surface area contributed by atoms with Crippen molar-refractivity contribution >= 4 is 28.5 Å². The lowest BCUT2D eigenvalue weighted by Gasteiger charge is -2.14. The molecule has 0 saturated heterocycles. The SMILES string of the molecule is CCOC(=O)c1[nH]c2ccc(Cl)cc2c1CCc1cc(OC)c(OC)c(OC)c1. The minimum absolute atomic E-state index is 0.307. The van der Waals surface area contributed by atoms with Crippen LogP contribution in [0.3, 0.4) is 0 Å². The number of carbonyl (C=O) groups is 1. The number of methoxy groups -OCH3 is 3. The molecule has 1 heterocycles. The fourth-order valence-corrected chi connectivity index (χ4v) is 3.58. The van der Waals surface area contributed by atoms with E-state index in [0.717, 1.165) is 22.0 Å². The number of fused-ring (bicyclic) bond motifs is 1. The van der Waals surface area contributed by atoms with Gasteiger partial charge in [-0.2, -0.15) is 0 Å². The third kappa shape index (κ3) is 4.27. The summed E-state index contributed by atoms with van der Waals surface area (Å²) in [6, 6.07) is 9.34. The zero-order chi connectivity index (χ0) is 21.0. The van der Waals surface area contributed by atoms with E-state index in [1.807, 2.05) is 24.3 Å². The van der Waals surface area contributed by atoms with Crippen LogP contribution in [0.2, 0.25) is 5.02 Å². The summed E-state index contributed by atoms with van der Waals surface area (Å²) in [5.74, 6) is 1.36. The fourth-order valence-electron chi connectivity index (χ4n) is 3.41. The van der Waals surface area contributed by atoms with Crippen LogP contribution in [0.4, 0.5) is 0 Å². The van der Waals surface area contributed by atoms with Crippen molar-refractivity contribution in [3.05, 3.63) is 52.2 Å². The van der Waals surface area contributed by atoms with Crippen LogP contribution in [0.25, 0.3) is 10.9 Å². The number of hydrogen-bond acceptors (Lipinski definition) is 5. The number of aromatic nitrogens is 1. The van der Waals surface area contributed by atoms with Gasteiger partial charge in [-0.15, -0.1) is 0 Å². The Kier molecular flexibility index (Phi) is 6.54. The van der Waals surface area contributed by atoms with E-state index >= 15 is 0 Å². The molecule has 3 aromatic rings. The van der Waals surface area contributed by atoms with Gasteiger partial charge in [0.15, 0.2) is 11.5 Å². The Balaban J connectivity index is 1.99. The molecule has 0 aliphatic carbocycles. The van der Waals surface area contributed by atoms with E-state index in [4.69, 9.17) is 30.5 Å². The zero-order valence-corrected chi connectivity index (χ0v) is 17.7. The molecular weight excluding hydrogens is 394 g/mol. The predicted octanol–water partition coefficient (Wildman–Crippen LogP) is 4.81. The smallest absolute Gasteiger partial charge is 0.355 e. The van der Waals surface area contributed by atoms with Crippen molar-refractivity contribution in [1.82, 2.24) is 4.98 Å². The third-order valence-electron chi connectivity index (χ3n) is 4.74. The molecule has 7 heteroatoms. The van der Waals surface area contributed by atoms with Crippen LogP contribution >= 0.6 is 11.6 Å². The summed E-state index contributed by atoms with van der Waals surface area (Å²) in [4.78, 5) is 15.6. The number of aromatic amines is 1. The van der Waals surface area contributed by atoms with Crippen LogP contribution in [0.5, 0.6) is 17.2 Å². The van der Waals surface area contributed by atoms with E-state index in [9.17, 15) is 4.79 Å². The summed E-state index contributed by atoms with van der Waals surface area (Å²) in [7, 11) is 4.74. The predicted molar refractivity (Wildman–Crippen MR) is 113 cm³/mol. The van der Waals surface area contributed by atoms with Gasteiger partial charge in [-0.3, -0.25) is 0 Å². The van der Waals surface area contributed by atoms with Gasteiger partial charge in [0, 0.05) is 15.9 Å². The number of rotatable bonds is 8. The molecule has 154 valence electrons. The largest absolute Gasteiger partial charge is 0.493 e. The van der Waals surface area contributed by atoms with E-state index in [0.29, 0.717) is 47.4 Å². The topological polar surface area (TPSA) is 69.8 Å². The normalized spacial score (nSPS) is 10.8. The molecule has 1 aromatic heterocycles. The van der Waals surface area contributed by atoms with E-state index < -0.39 is 0 Å². The number of nitrogens with one attached hydrogen (secondary N) is 1. The zero-order valence-electron chi connectivity index (χ0n) is 16.9. The van der Waals surface area contributed by atoms with Gasteiger partial charge in [0.25, 0.3) is 0 Å². The van der Waals surface area contributed by atoms with E-state index in [1.54, 1.807) is 34.3 Å². The summed E-state index contributed by atoms with van der Waals surface area (Å²) in [5.41, 5.74) is 3.16. The minimum atomic E-state index is -0.375. The Morgan fingerprint density at radius 2 is 1.69 bits per heavy atom. The highest BCUT2D eigenvalue weighted by Crippen LogP contribution is 2.38. The van der Waals surface area contributed by atoms with E-state index in [-0.39, 0.29) is 5.97 Å². The van der Waals surface area contributed by atoms with Crippen LogP contribution < -0.4 is 14.2 Å². The Morgan fingerprint density at radius 3 is 2.28 bits per heavy atom. The van der Waals surface area contributed by atoms with Crippen molar-refractivity contribution in [2.75, 3.05) is 27.9 Å². The molecule has 0 saturated carbocycles. The summed E-state index contributed by atoms with van der Waals surface area (Å²) in [6.07, 6.45) is 1.26. The summed E-state index contributed by atoms with van der Waals surface area (Å²) in [6.45, 7) is 2.09. The highest BCUT2D eigenvalue weighted by Gasteiger charge is 2.20. The van der Waals surface area contributed by atoms with Crippen LogP contribution in [-0.4, -0.2) is 38.9 Å². The molecule has 3 rings (SSSR count). The lowest BCUT2D eigenvalue weighted by molar-refractivity contribution is 0.0519. The van der Waals surface area contributed by atoms with Gasteiger partial charge in [0.1, 0.15) is 5.69 Å². The molecule has 0 unspecified atom stereocenters. The number of ether oxygens (including phenoxy) is 4. The Labute approximate surface area is 174 Å². The standard InChI is InChI=1S/C22H24ClNO5/c1-5-29-22(25)20-15(16-12-14(23)7-9-17(16)24-20)8-6-13-10-18(26-2)21(28-4)19(11-13)27-3/h7,9-12,24H,5-6,8H2,1-4H3. The molecule has 0 fully saturated rings. The first-order valence-electron chi connectivity index (χ1n) is 9.28. The van der Waals surface area contributed by atoms with Gasteiger partial charge in [-0.1, -0.05) is 11.6 Å². The Hall–Kier alpha value is -2.86. The maximum absolute atomic E-state index is 12.5. The van der Waals surface area contributed by atoms with Crippen molar-refractivity contribution in [2.24, 2.45) is 0 Å². The Bertz CT molecular complexity index is 1000. The van der Waals surface area contributed by atoms with Gasteiger partial charge >= 0.3 is 5.97 Å². The van der Waals surface area contributed by atoms with Gasteiger partial charge in [-0.25, -0.2) is 4.79 Å². The first-order valence-corrected chi connectivity index (χ1v) is 9.66. The first kappa shape index (κ1) is 20.9. The number of benzene rings is 2. The third-order valence-corrected chi connectivity index (χ3v) is 4.97. The summed E-state index contributed by atoms with van der Waals surface area (Å²) >= 11 is 6.19. The number of aryl methyl sites for hydroxylation is 2. The van der Waals surface area contributed by atoms with Crippen molar-refractivity contribution in [2.45, 2.75) is 19.8 Å². The second kappa shape index (κ2) is 9.09. The number of esters is 1. The average Bonchev–Trinajstić information content (AvgIpc) is 3.09. The van der Waals surface area contributed by atoms with E-state index in [2.05, 4.69) is 4.98 Å². The van der Waals surface area contributed by atoms with Crippen LogP contribution in [0, 0.1) is 0 Å². The van der Waals surface area contributed by atoms with E-state index in [1.165, 1.54) is 0 Å². The van der Waals surface area contributed by atoms with Crippen molar-refractivity contribution in [3.8, 4) is 17.2 Å². The van der Waals surface area contributed by atoms with Gasteiger partial charge in [-0.05, 0) is 61.2 Å². The highest BCUT2D eigenvalue weighted by atomic mass is 35.5. The molecule has 1 N–H and O–H groups in total. The van der Waals surface area contributed by atoms with Crippen molar-refractivity contribution < 1.29 is 23.7 Å². The fraction of sp³-hybridized carbons (Fsp3) is 0.318. The van der Waals surface area contributed by atoms with Crippen molar-refractivity contribution in [1.29, 1.82) is 0 Å². The van der Waals surface area contributed by atoms with Gasteiger partial charge in [0.05, 0.1) is 27.9 Å².